The number of nitrogens with one attached hydrogen (secondary N) is 1. The van der Waals surface area contributed by atoms with Crippen molar-refractivity contribution >= 4 is 5.91 Å². The van der Waals surface area contributed by atoms with Gasteiger partial charge in [0.15, 0.2) is 0 Å². The van der Waals surface area contributed by atoms with E-state index in [4.69, 9.17) is 15.7 Å². The number of hydrazine groups is 1. The molecule has 4 N–H and O–H groups in total. The summed E-state index contributed by atoms with van der Waals surface area (Å²) in [4.78, 5) is 10.9. The molecule has 1 rings (SSSR count). The molecule has 0 aliphatic rings. The minimum absolute atomic E-state index is 0.0127. The van der Waals surface area contributed by atoms with Crippen LogP contribution in [0.25, 0.3) is 0 Å². The second kappa shape index (κ2) is 6.88. The summed E-state index contributed by atoms with van der Waals surface area (Å²) in [6.45, 7) is 1.87. The number of carbonyl (C=O) groups is 1. The Hall–Kier alpha value is -1.59. The number of amides is 1. The van der Waals surface area contributed by atoms with E-state index in [9.17, 15) is 4.79 Å². The zero-order valence-corrected chi connectivity index (χ0v) is 9.85. The average molecular weight is 238 g/mol. The van der Waals surface area contributed by atoms with Gasteiger partial charge in [-0.3, -0.25) is 10.2 Å². The molecule has 0 spiro atoms. The van der Waals surface area contributed by atoms with Gasteiger partial charge in [0.05, 0.1) is 12.7 Å². The van der Waals surface area contributed by atoms with Crippen molar-refractivity contribution in [3.63, 3.8) is 0 Å². The quantitative estimate of drug-likeness (QED) is 0.387. The molecule has 0 saturated heterocycles. The molecular weight excluding hydrogens is 220 g/mol. The van der Waals surface area contributed by atoms with E-state index in [0.29, 0.717) is 18.6 Å². The molecule has 1 aromatic rings. The normalized spacial score (nSPS) is 11.9. The first-order valence-corrected chi connectivity index (χ1v) is 5.51. The molecule has 94 valence electrons. The van der Waals surface area contributed by atoms with E-state index in [1.165, 1.54) is 0 Å². The fraction of sp³-hybridized carbons (Fsp3) is 0.417. The zero-order valence-electron chi connectivity index (χ0n) is 9.85. The molecule has 0 aliphatic carbocycles. The number of carbonyl (C=O) groups excluding carboxylic acids is 1. The van der Waals surface area contributed by atoms with Crippen LogP contribution in [-0.2, 0) is 11.4 Å². The summed E-state index contributed by atoms with van der Waals surface area (Å²) in [5.74, 6) is 5.47. The van der Waals surface area contributed by atoms with Gasteiger partial charge < -0.3 is 9.84 Å². The van der Waals surface area contributed by atoms with Crippen molar-refractivity contribution in [2.45, 2.75) is 32.5 Å². The molecule has 5 nitrogen and oxygen atoms in total. The Morgan fingerprint density at radius 1 is 1.59 bits per heavy atom. The van der Waals surface area contributed by atoms with Crippen molar-refractivity contribution in [2.75, 3.05) is 0 Å². The molecule has 0 bridgehead atoms. The Kier molecular flexibility index (Phi) is 5.45. The standard InChI is InChI=1S/C12H18N2O3/c1-9(5-6-12(16)14-13)17-11-4-2-3-10(7-11)8-15/h2-4,7,9,15H,5-6,8,13H2,1H3,(H,14,16). The second-order valence-electron chi connectivity index (χ2n) is 3.84. The van der Waals surface area contributed by atoms with E-state index < -0.39 is 0 Å². The Labute approximate surface area is 101 Å². The highest BCUT2D eigenvalue weighted by Crippen LogP contribution is 2.16. The minimum Gasteiger partial charge on any atom is -0.491 e. The lowest BCUT2D eigenvalue weighted by molar-refractivity contribution is -0.121. The maximum absolute atomic E-state index is 10.9. The van der Waals surface area contributed by atoms with Gasteiger partial charge in [-0.05, 0) is 31.0 Å². The van der Waals surface area contributed by atoms with Crippen LogP contribution < -0.4 is 16.0 Å². The van der Waals surface area contributed by atoms with Crippen LogP contribution in [0, 0.1) is 0 Å². The van der Waals surface area contributed by atoms with Crippen molar-refractivity contribution in [3.05, 3.63) is 29.8 Å². The molecular formula is C12H18N2O3. The molecule has 1 unspecified atom stereocenters. The third kappa shape index (κ3) is 4.84. The maximum atomic E-state index is 10.9. The zero-order chi connectivity index (χ0) is 12.7. The van der Waals surface area contributed by atoms with Crippen LogP contribution in [0.1, 0.15) is 25.3 Å². The van der Waals surface area contributed by atoms with Crippen LogP contribution in [0.2, 0.25) is 0 Å². The van der Waals surface area contributed by atoms with Crippen molar-refractivity contribution < 1.29 is 14.6 Å². The van der Waals surface area contributed by atoms with Gasteiger partial charge in [0.25, 0.3) is 0 Å². The van der Waals surface area contributed by atoms with Crippen molar-refractivity contribution in [2.24, 2.45) is 5.84 Å². The van der Waals surface area contributed by atoms with E-state index in [1.807, 2.05) is 25.1 Å². The second-order valence-corrected chi connectivity index (χ2v) is 3.84. The third-order valence-electron chi connectivity index (χ3n) is 2.36. The van der Waals surface area contributed by atoms with Gasteiger partial charge in [-0.1, -0.05) is 12.1 Å². The molecule has 0 fully saturated rings. The first-order chi connectivity index (χ1) is 8.15. The molecule has 0 aliphatic heterocycles. The van der Waals surface area contributed by atoms with E-state index >= 15 is 0 Å². The van der Waals surface area contributed by atoms with Crippen LogP contribution in [0.5, 0.6) is 5.75 Å². The number of hydrogen-bond donors (Lipinski definition) is 3. The number of aliphatic hydroxyl groups is 1. The van der Waals surface area contributed by atoms with Gasteiger partial charge in [-0.2, -0.15) is 0 Å². The largest absolute Gasteiger partial charge is 0.491 e. The van der Waals surface area contributed by atoms with Crippen LogP contribution in [-0.4, -0.2) is 17.1 Å². The fourth-order valence-electron chi connectivity index (χ4n) is 1.41. The molecule has 5 heteroatoms. The van der Waals surface area contributed by atoms with E-state index in [2.05, 4.69) is 5.43 Å². The molecule has 0 aromatic heterocycles. The van der Waals surface area contributed by atoms with Crippen LogP contribution in [0.4, 0.5) is 0 Å². The van der Waals surface area contributed by atoms with Gasteiger partial charge in [-0.15, -0.1) is 0 Å². The lowest BCUT2D eigenvalue weighted by Gasteiger charge is -2.14. The van der Waals surface area contributed by atoms with Crippen LogP contribution in [0.15, 0.2) is 24.3 Å². The third-order valence-corrected chi connectivity index (χ3v) is 2.36. The van der Waals surface area contributed by atoms with Gasteiger partial charge in [0.2, 0.25) is 5.91 Å². The average Bonchev–Trinajstić information content (AvgIpc) is 2.36. The monoisotopic (exact) mass is 238 g/mol. The number of nitrogens with two attached hydrogens (primary N) is 1. The van der Waals surface area contributed by atoms with Gasteiger partial charge in [0, 0.05) is 6.42 Å². The van der Waals surface area contributed by atoms with Crippen LogP contribution >= 0.6 is 0 Å². The van der Waals surface area contributed by atoms with Crippen LogP contribution in [0.3, 0.4) is 0 Å². The van der Waals surface area contributed by atoms with Gasteiger partial charge in [0.1, 0.15) is 5.75 Å². The van der Waals surface area contributed by atoms with Crippen molar-refractivity contribution in [3.8, 4) is 5.75 Å². The van der Waals surface area contributed by atoms with Crippen molar-refractivity contribution in [1.29, 1.82) is 0 Å². The summed E-state index contributed by atoms with van der Waals surface area (Å²) in [7, 11) is 0. The molecule has 1 amide bonds. The predicted octanol–water partition coefficient (Wildman–Crippen LogP) is 0.716. The lowest BCUT2D eigenvalue weighted by atomic mass is 10.2. The fourth-order valence-corrected chi connectivity index (χ4v) is 1.41. The predicted molar refractivity (Wildman–Crippen MR) is 64.0 cm³/mol. The number of benzene rings is 1. The van der Waals surface area contributed by atoms with Gasteiger partial charge >= 0.3 is 0 Å². The molecule has 0 radical (unpaired) electrons. The number of ether oxygens (including phenoxy) is 1. The highest BCUT2D eigenvalue weighted by molar-refractivity contribution is 5.75. The topological polar surface area (TPSA) is 84.6 Å². The molecule has 17 heavy (non-hydrogen) atoms. The van der Waals surface area contributed by atoms with Gasteiger partial charge in [-0.25, -0.2) is 5.84 Å². The molecule has 1 atom stereocenters. The number of aliphatic hydroxyl groups excluding tert-OH is 1. The highest BCUT2D eigenvalue weighted by Gasteiger charge is 2.07. The summed E-state index contributed by atoms with van der Waals surface area (Å²) in [6, 6.07) is 7.23. The summed E-state index contributed by atoms with van der Waals surface area (Å²) in [5.41, 5.74) is 2.88. The number of hydrogen-bond acceptors (Lipinski definition) is 4. The summed E-state index contributed by atoms with van der Waals surface area (Å²) in [5, 5.41) is 8.98. The molecule has 1 aromatic carbocycles. The summed E-state index contributed by atoms with van der Waals surface area (Å²) < 4.78 is 5.62. The first kappa shape index (κ1) is 13.5. The maximum Gasteiger partial charge on any atom is 0.234 e. The Morgan fingerprint density at radius 2 is 2.35 bits per heavy atom. The SMILES string of the molecule is CC(CCC(=O)NN)Oc1cccc(CO)c1. The van der Waals surface area contributed by atoms with E-state index in [-0.39, 0.29) is 18.6 Å². The Bertz CT molecular complexity index is 369. The smallest absolute Gasteiger partial charge is 0.234 e. The lowest BCUT2D eigenvalue weighted by Crippen LogP contribution is -2.30. The van der Waals surface area contributed by atoms with Crippen molar-refractivity contribution in [1.82, 2.24) is 5.43 Å². The first-order valence-electron chi connectivity index (χ1n) is 5.51. The molecule has 0 heterocycles. The summed E-state index contributed by atoms with van der Waals surface area (Å²) in [6.07, 6.45) is 0.838. The Balaban J connectivity index is 2.44. The Morgan fingerprint density at radius 3 is 3.00 bits per heavy atom. The minimum atomic E-state index is -0.204. The highest BCUT2D eigenvalue weighted by atomic mass is 16.5. The summed E-state index contributed by atoms with van der Waals surface area (Å²) >= 11 is 0. The number of rotatable bonds is 6. The molecule has 0 saturated carbocycles. The van der Waals surface area contributed by atoms with E-state index in [0.717, 1.165) is 5.56 Å². The van der Waals surface area contributed by atoms with E-state index in [1.54, 1.807) is 6.07 Å².